The van der Waals surface area contributed by atoms with Gasteiger partial charge < -0.3 is 4.74 Å². The molecule has 0 aliphatic heterocycles. The Morgan fingerprint density at radius 3 is 2.52 bits per heavy atom. The van der Waals surface area contributed by atoms with Gasteiger partial charge in [0, 0.05) is 13.0 Å². The number of carbonyl (C=O) groups is 1. The Bertz CT molecular complexity index is 1340. The van der Waals surface area contributed by atoms with Crippen LogP contribution in [0.15, 0.2) is 41.2 Å². The Hall–Kier alpha value is -3.60. The largest absolute Gasteiger partial charge is 0.449 e. The average molecular weight is 482 g/mol. The number of para-hydroxylation sites is 1. The summed E-state index contributed by atoms with van der Waals surface area (Å²) in [5.41, 5.74) is -2.53. The van der Waals surface area contributed by atoms with E-state index >= 15 is 0 Å². The Labute approximate surface area is 188 Å². The summed E-state index contributed by atoms with van der Waals surface area (Å²) >= 11 is 5.89. The number of rotatable bonds is 6. The SMILES string of the molecule is Cn1[nH]c(C2CC2)c(C(=O)c2cccc(Oc3ccc(C(F)(F)F)cc3Cl)c2[N+](=O)[O-])c1=O. The standard InChI is InChI=1S/C21H15ClF3N3O5/c1-27-20(30)16(17(26-27)10-5-6-10)19(29)12-3-2-4-15(18(12)28(31)32)33-14-8-7-11(9-13(14)22)21(23,24)25/h2-4,7-10,26H,5-6H2,1H3. The minimum atomic E-state index is -4.64. The zero-order valence-corrected chi connectivity index (χ0v) is 17.7. The molecule has 8 nitrogen and oxygen atoms in total. The van der Waals surface area contributed by atoms with Crippen molar-refractivity contribution in [3.05, 3.63) is 84.3 Å². The fourth-order valence-corrected chi connectivity index (χ4v) is 3.67. The second-order valence-electron chi connectivity index (χ2n) is 7.52. The van der Waals surface area contributed by atoms with Gasteiger partial charge >= 0.3 is 11.9 Å². The van der Waals surface area contributed by atoms with Crippen LogP contribution in [0.25, 0.3) is 0 Å². The molecule has 0 saturated heterocycles. The Balaban J connectivity index is 1.78. The molecule has 1 aliphatic carbocycles. The third-order valence-corrected chi connectivity index (χ3v) is 5.49. The van der Waals surface area contributed by atoms with Crippen LogP contribution >= 0.6 is 11.6 Å². The summed E-state index contributed by atoms with van der Waals surface area (Å²) in [5.74, 6) is -1.54. The van der Waals surface area contributed by atoms with Gasteiger partial charge in [-0.3, -0.25) is 29.5 Å². The predicted molar refractivity (Wildman–Crippen MR) is 111 cm³/mol. The maximum atomic E-state index is 13.2. The molecular weight excluding hydrogens is 467 g/mol. The van der Waals surface area contributed by atoms with E-state index in [-0.39, 0.29) is 22.8 Å². The normalized spacial score (nSPS) is 13.7. The lowest BCUT2D eigenvalue weighted by Gasteiger charge is -2.12. The maximum absolute atomic E-state index is 13.2. The van der Waals surface area contributed by atoms with Gasteiger partial charge in [-0.15, -0.1) is 0 Å². The lowest BCUT2D eigenvalue weighted by molar-refractivity contribution is -0.385. The number of aryl methyl sites for hydroxylation is 1. The molecule has 0 amide bonds. The number of nitro benzene ring substituents is 1. The minimum Gasteiger partial charge on any atom is -0.449 e. The van der Waals surface area contributed by atoms with E-state index in [4.69, 9.17) is 16.3 Å². The van der Waals surface area contributed by atoms with Gasteiger partial charge in [0.2, 0.25) is 11.5 Å². The van der Waals surface area contributed by atoms with E-state index in [9.17, 15) is 32.9 Å². The fraction of sp³-hybridized carbons (Fsp3) is 0.238. The summed E-state index contributed by atoms with van der Waals surface area (Å²) in [5, 5.41) is 14.3. The molecule has 1 aliphatic rings. The van der Waals surface area contributed by atoms with Gasteiger partial charge in [0.25, 0.3) is 5.56 Å². The zero-order valence-electron chi connectivity index (χ0n) is 16.9. The van der Waals surface area contributed by atoms with Gasteiger partial charge in [0.1, 0.15) is 16.9 Å². The number of aromatic amines is 1. The van der Waals surface area contributed by atoms with Crippen molar-refractivity contribution in [2.75, 3.05) is 0 Å². The van der Waals surface area contributed by atoms with Gasteiger partial charge in [-0.2, -0.15) is 13.2 Å². The van der Waals surface area contributed by atoms with Crippen molar-refractivity contribution < 1.29 is 27.6 Å². The molecular formula is C21H15ClF3N3O5. The lowest BCUT2D eigenvalue weighted by atomic mass is 10.00. The number of nitrogens with one attached hydrogen (secondary N) is 1. The molecule has 172 valence electrons. The lowest BCUT2D eigenvalue weighted by Crippen LogP contribution is -2.20. The number of nitro groups is 1. The van der Waals surface area contributed by atoms with Crippen molar-refractivity contribution in [2.45, 2.75) is 24.9 Å². The first kappa shape index (κ1) is 22.6. The first-order chi connectivity index (χ1) is 15.5. The molecule has 1 aromatic heterocycles. The van der Waals surface area contributed by atoms with Crippen molar-refractivity contribution in [1.82, 2.24) is 9.78 Å². The highest BCUT2D eigenvalue weighted by atomic mass is 35.5. The molecule has 12 heteroatoms. The first-order valence-electron chi connectivity index (χ1n) is 9.64. The third kappa shape index (κ3) is 4.23. The van der Waals surface area contributed by atoms with E-state index in [2.05, 4.69) is 5.10 Å². The number of halogens is 4. The van der Waals surface area contributed by atoms with Crippen LogP contribution in [0.4, 0.5) is 18.9 Å². The Kier molecular flexibility index (Phi) is 5.52. The number of H-pyrrole nitrogens is 1. The van der Waals surface area contributed by atoms with Crippen LogP contribution in [0, 0.1) is 10.1 Å². The van der Waals surface area contributed by atoms with Crippen molar-refractivity contribution in [3.8, 4) is 11.5 Å². The number of ether oxygens (including phenoxy) is 1. The summed E-state index contributed by atoms with van der Waals surface area (Å²) in [6.45, 7) is 0. The average Bonchev–Trinajstić information content (AvgIpc) is 3.54. The van der Waals surface area contributed by atoms with Crippen LogP contribution in [0.1, 0.15) is 45.9 Å². The van der Waals surface area contributed by atoms with E-state index in [0.717, 1.165) is 23.6 Å². The van der Waals surface area contributed by atoms with Crippen LogP contribution in [0.2, 0.25) is 5.02 Å². The van der Waals surface area contributed by atoms with Crippen molar-refractivity contribution in [1.29, 1.82) is 0 Å². The second-order valence-corrected chi connectivity index (χ2v) is 7.93. The molecule has 1 saturated carbocycles. The molecule has 3 aromatic rings. The first-order valence-corrected chi connectivity index (χ1v) is 10.0. The highest BCUT2D eigenvalue weighted by Gasteiger charge is 2.36. The van der Waals surface area contributed by atoms with Crippen molar-refractivity contribution in [2.24, 2.45) is 7.05 Å². The van der Waals surface area contributed by atoms with Crippen molar-refractivity contribution in [3.63, 3.8) is 0 Å². The molecule has 0 bridgehead atoms. The van der Waals surface area contributed by atoms with Crippen LogP contribution in [0.5, 0.6) is 11.5 Å². The Morgan fingerprint density at radius 1 is 1.24 bits per heavy atom. The molecule has 0 unspecified atom stereocenters. The quantitative estimate of drug-likeness (QED) is 0.296. The summed E-state index contributed by atoms with van der Waals surface area (Å²) < 4.78 is 45.2. The fourth-order valence-electron chi connectivity index (χ4n) is 3.45. The molecule has 1 heterocycles. The topological polar surface area (TPSA) is 107 Å². The van der Waals surface area contributed by atoms with E-state index in [0.29, 0.717) is 17.8 Å². The van der Waals surface area contributed by atoms with E-state index in [1.807, 2.05) is 0 Å². The highest BCUT2D eigenvalue weighted by molar-refractivity contribution is 6.32. The van der Waals surface area contributed by atoms with E-state index < -0.39 is 44.5 Å². The molecule has 1 N–H and O–H groups in total. The monoisotopic (exact) mass is 481 g/mol. The second kappa shape index (κ2) is 8.07. The van der Waals surface area contributed by atoms with Gasteiger partial charge in [0.15, 0.2) is 0 Å². The molecule has 33 heavy (non-hydrogen) atoms. The Morgan fingerprint density at radius 2 is 1.94 bits per heavy atom. The summed E-state index contributed by atoms with van der Waals surface area (Å²) in [6.07, 6.45) is -3.09. The predicted octanol–water partition coefficient (Wildman–Crippen LogP) is 5.19. The highest BCUT2D eigenvalue weighted by Crippen LogP contribution is 2.42. The van der Waals surface area contributed by atoms with Gasteiger partial charge in [-0.1, -0.05) is 17.7 Å². The third-order valence-electron chi connectivity index (χ3n) is 5.19. The molecule has 0 atom stereocenters. The zero-order chi connectivity index (χ0) is 24.1. The van der Waals surface area contributed by atoms with Gasteiger partial charge in [-0.25, -0.2) is 0 Å². The minimum absolute atomic E-state index is 0.0118. The number of alkyl halides is 3. The molecule has 2 aromatic carbocycles. The summed E-state index contributed by atoms with van der Waals surface area (Å²) in [7, 11) is 1.44. The number of benzene rings is 2. The van der Waals surface area contributed by atoms with Gasteiger partial charge in [-0.05, 0) is 43.2 Å². The molecule has 0 radical (unpaired) electrons. The smallest absolute Gasteiger partial charge is 0.416 e. The van der Waals surface area contributed by atoms with Crippen LogP contribution in [0.3, 0.4) is 0 Å². The molecule has 4 rings (SSSR count). The maximum Gasteiger partial charge on any atom is 0.416 e. The molecule has 0 spiro atoms. The van der Waals surface area contributed by atoms with Crippen molar-refractivity contribution >= 4 is 23.1 Å². The van der Waals surface area contributed by atoms with Crippen LogP contribution < -0.4 is 10.3 Å². The van der Waals surface area contributed by atoms with Crippen LogP contribution in [-0.4, -0.2) is 20.5 Å². The number of hydrogen-bond donors (Lipinski definition) is 1. The van der Waals surface area contributed by atoms with Crippen LogP contribution in [-0.2, 0) is 13.2 Å². The van der Waals surface area contributed by atoms with Gasteiger partial charge in [0.05, 0.1) is 21.2 Å². The number of hydrogen-bond acceptors (Lipinski definition) is 5. The number of carbonyl (C=O) groups excluding carboxylic acids is 1. The number of nitrogens with zero attached hydrogens (tertiary/aromatic N) is 2. The summed E-state index contributed by atoms with van der Waals surface area (Å²) in [4.78, 5) is 36.8. The summed E-state index contributed by atoms with van der Waals surface area (Å²) in [6, 6.07) is 5.94. The molecule has 1 fully saturated rings. The van der Waals surface area contributed by atoms with E-state index in [1.54, 1.807) is 0 Å². The number of ketones is 1. The number of aromatic nitrogens is 2. The van der Waals surface area contributed by atoms with E-state index in [1.165, 1.54) is 25.2 Å².